The monoisotopic (exact) mass is 369 g/mol. The summed E-state index contributed by atoms with van der Waals surface area (Å²) in [5.74, 6) is 2.05. The first kappa shape index (κ1) is 17.6. The van der Waals surface area contributed by atoms with Gasteiger partial charge >= 0.3 is 0 Å². The Kier molecular flexibility index (Phi) is 4.14. The lowest BCUT2D eigenvalue weighted by Crippen LogP contribution is -2.59. The molecule has 0 saturated heterocycles. The summed E-state index contributed by atoms with van der Waals surface area (Å²) in [7, 11) is -1.62. The number of allylic oxidation sites excluding steroid dienone is 4. The Morgan fingerprint density at radius 2 is 1.80 bits per heavy atom. The van der Waals surface area contributed by atoms with Crippen LogP contribution in [0.1, 0.15) is 39.2 Å². The number of hydrogen-bond acceptors (Lipinski definition) is 2. The zero-order valence-corrected chi connectivity index (χ0v) is 18.2. The zero-order chi connectivity index (χ0) is 18.0. The standard InChI is InChI=1S/C22H31NSSi/c1-14-11-12-15-17(13-14)21(25(5,6)23-22(2,3)4)20-19(15)16-9-7-8-10-18(16)24-20/h7-13,15,17,19-21,23H,1-6H3. The van der Waals surface area contributed by atoms with Gasteiger partial charge in [0, 0.05) is 21.6 Å². The molecule has 1 N–H and O–H groups in total. The highest BCUT2D eigenvalue weighted by molar-refractivity contribution is 8.00. The molecule has 4 rings (SSSR count). The molecule has 5 unspecified atom stereocenters. The molecular formula is C22H31NSSi. The van der Waals surface area contributed by atoms with Gasteiger partial charge in [0.1, 0.15) is 8.24 Å². The second-order valence-electron chi connectivity index (χ2n) is 9.69. The largest absolute Gasteiger partial charge is 0.332 e. The van der Waals surface area contributed by atoms with E-state index in [1.54, 1.807) is 5.56 Å². The van der Waals surface area contributed by atoms with E-state index in [0.717, 1.165) is 10.8 Å². The molecule has 25 heavy (non-hydrogen) atoms. The molecule has 5 atom stereocenters. The molecule has 1 fully saturated rings. The van der Waals surface area contributed by atoms with E-state index in [9.17, 15) is 0 Å². The molecule has 1 aromatic rings. The molecule has 1 heterocycles. The van der Waals surface area contributed by atoms with Crippen LogP contribution in [0.5, 0.6) is 0 Å². The maximum Gasteiger partial charge on any atom is 0.124 e. The zero-order valence-electron chi connectivity index (χ0n) is 16.3. The molecule has 1 aromatic carbocycles. The summed E-state index contributed by atoms with van der Waals surface area (Å²) >= 11 is 2.17. The minimum Gasteiger partial charge on any atom is -0.332 e. The Bertz CT molecular complexity index is 743. The predicted molar refractivity (Wildman–Crippen MR) is 113 cm³/mol. The Morgan fingerprint density at radius 1 is 1.08 bits per heavy atom. The van der Waals surface area contributed by atoms with E-state index in [-0.39, 0.29) is 5.54 Å². The van der Waals surface area contributed by atoms with E-state index in [0.29, 0.717) is 17.8 Å². The molecular weight excluding hydrogens is 338 g/mol. The van der Waals surface area contributed by atoms with Gasteiger partial charge in [-0.1, -0.05) is 55.1 Å². The van der Waals surface area contributed by atoms with Crippen LogP contribution in [-0.4, -0.2) is 19.0 Å². The molecule has 1 nitrogen and oxygen atoms in total. The van der Waals surface area contributed by atoms with E-state index in [1.165, 1.54) is 10.5 Å². The van der Waals surface area contributed by atoms with Crippen molar-refractivity contribution in [1.82, 2.24) is 4.98 Å². The molecule has 134 valence electrons. The van der Waals surface area contributed by atoms with Gasteiger partial charge in [0.25, 0.3) is 0 Å². The molecule has 3 aliphatic rings. The fourth-order valence-electron chi connectivity index (χ4n) is 5.71. The number of thioether (sulfide) groups is 1. The third kappa shape index (κ3) is 2.98. The van der Waals surface area contributed by atoms with E-state index in [4.69, 9.17) is 0 Å². The van der Waals surface area contributed by atoms with Gasteiger partial charge in [-0.15, -0.1) is 11.8 Å². The number of nitrogens with one attached hydrogen (secondary N) is 1. The first-order valence-electron chi connectivity index (χ1n) is 9.59. The second-order valence-corrected chi connectivity index (χ2v) is 15.3. The summed E-state index contributed by atoms with van der Waals surface area (Å²) in [5.41, 5.74) is 4.00. The molecule has 0 radical (unpaired) electrons. The summed E-state index contributed by atoms with van der Waals surface area (Å²) < 4.78 is 0. The lowest BCUT2D eigenvalue weighted by atomic mass is 9.81. The van der Waals surface area contributed by atoms with E-state index in [1.807, 2.05) is 0 Å². The van der Waals surface area contributed by atoms with Gasteiger partial charge in [0.05, 0.1) is 0 Å². The summed E-state index contributed by atoms with van der Waals surface area (Å²) in [6.07, 6.45) is 7.48. The highest BCUT2D eigenvalue weighted by Gasteiger charge is 2.58. The fraction of sp³-hybridized carbons (Fsp3) is 0.545. The minimum absolute atomic E-state index is 0.183. The SMILES string of the molecule is CC1=CC2C(C=C1)C1c3ccccc3SC1C2[Si](C)(C)NC(C)(C)C. The fourth-order valence-corrected chi connectivity index (χ4v) is 12.9. The number of benzene rings is 1. The quantitative estimate of drug-likeness (QED) is 0.645. The highest BCUT2D eigenvalue weighted by Crippen LogP contribution is 2.65. The first-order chi connectivity index (χ1) is 11.7. The topological polar surface area (TPSA) is 12.0 Å². The van der Waals surface area contributed by atoms with Crippen molar-refractivity contribution in [2.24, 2.45) is 11.8 Å². The van der Waals surface area contributed by atoms with Crippen molar-refractivity contribution in [2.75, 3.05) is 0 Å². The maximum atomic E-state index is 4.10. The third-order valence-corrected chi connectivity index (χ3v) is 11.6. The molecule has 3 heteroatoms. The molecule has 0 amide bonds. The summed E-state index contributed by atoms with van der Waals surface area (Å²) in [4.78, 5) is 5.63. The average molecular weight is 370 g/mol. The van der Waals surface area contributed by atoms with Crippen LogP contribution in [0.15, 0.2) is 53.0 Å². The normalized spacial score (nSPS) is 33.7. The second kappa shape index (κ2) is 5.87. The maximum absolute atomic E-state index is 4.10. The average Bonchev–Trinajstić information content (AvgIpc) is 2.97. The van der Waals surface area contributed by atoms with E-state index < -0.39 is 8.24 Å². The molecule has 0 spiro atoms. The van der Waals surface area contributed by atoms with Crippen LogP contribution in [0.25, 0.3) is 0 Å². The summed E-state index contributed by atoms with van der Waals surface area (Å²) in [6.45, 7) is 14.4. The van der Waals surface area contributed by atoms with Gasteiger partial charge < -0.3 is 4.98 Å². The molecule has 0 bridgehead atoms. The van der Waals surface area contributed by atoms with Crippen molar-refractivity contribution < 1.29 is 0 Å². The van der Waals surface area contributed by atoms with Gasteiger partial charge in [-0.3, -0.25) is 0 Å². The molecule has 2 aliphatic carbocycles. The molecule has 0 aromatic heterocycles. The summed E-state index contributed by atoms with van der Waals surface area (Å²) in [5, 5.41) is 0.718. The van der Waals surface area contributed by atoms with Crippen LogP contribution in [-0.2, 0) is 0 Å². The van der Waals surface area contributed by atoms with Crippen LogP contribution in [0.2, 0.25) is 18.6 Å². The van der Waals surface area contributed by atoms with Crippen LogP contribution in [0.3, 0.4) is 0 Å². The van der Waals surface area contributed by atoms with Gasteiger partial charge in [0.2, 0.25) is 0 Å². The Morgan fingerprint density at radius 3 is 2.52 bits per heavy atom. The lowest BCUT2D eigenvalue weighted by molar-refractivity contribution is 0.479. The molecule has 1 saturated carbocycles. The van der Waals surface area contributed by atoms with Crippen molar-refractivity contribution in [2.45, 2.75) is 67.9 Å². The third-order valence-electron chi connectivity index (χ3n) is 6.09. The Balaban J connectivity index is 1.78. The Hall–Kier alpha value is -0.773. The van der Waals surface area contributed by atoms with E-state index in [2.05, 4.69) is 100 Å². The van der Waals surface area contributed by atoms with Crippen LogP contribution < -0.4 is 4.98 Å². The number of hydrogen-bond donors (Lipinski definition) is 1. The first-order valence-corrected chi connectivity index (χ1v) is 13.5. The van der Waals surface area contributed by atoms with Gasteiger partial charge in [0.15, 0.2) is 0 Å². The number of fused-ring (bicyclic) bond motifs is 5. The van der Waals surface area contributed by atoms with E-state index >= 15 is 0 Å². The van der Waals surface area contributed by atoms with Gasteiger partial charge in [-0.05, 0) is 56.7 Å². The highest BCUT2D eigenvalue weighted by atomic mass is 32.2. The van der Waals surface area contributed by atoms with Crippen LogP contribution >= 0.6 is 11.8 Å². The van der Waals surface area contributed by atoms with Crippen LogP contribution in [0, 0.1) is 11.8 Å². The van der Waals surface area contributed by atoms with Gasteiger partial charge in [-0.25, -0.2) is 0 Å². The predicted octanol–water partition coefficient (Wildman–Crippen LogP) is 5.97. The van der Waals surface area contributed by atoms with Crippen molar-refractivity contribution in [1.29, 1.82) is 0 Å². The van der Waals surface area contributed by atoms with Crippen molar-refractivity contribution in [3.05, 3.63) is 53.6 Å². The molecule has 1 aliphatic heterocycles. The number of rotatable bonds is 2. The van der Waals surface area contributed by atoms with Crippen molar-refractivity contribution >= 4 is 20.0 Å². The lowest BCUT2D eigenvalue weighted by Gasteiger charge is -2.42. The van der Waals surface area contributed by atoms with Crippen LogP contribution in [0.4, 0.5) is 0 Å². The Labute approximate surface area is 158 Å². The smallest absolute Gasteiger partial charge is 0.124 e. The van der Waals surface area contributed by atoms with Gasteiger partial charge in [-0.2, -0.15) is 0 Å². The van der Waals surface area contributed by atoms with Crippen molar-refractivity contribution in [3.8, 4) is 0 Å². The van der Waals surface area contributed by atoms with Crippen molar-refractivity contribution in [3.63, 3.8) is 0 Å². The minimum atomic E-state index is -1.62. The summed E-state index contributed by atoms with van der Waals surface area (Å²) in [6, 6.07) is 9.16.